The van der Waals surface area contributed by atoms with E-state index in [4.69, 9.17) is 16.3 Å². The molecule has 0 aliphatic heterocycles. The number of halogens is 3. The molecule has 3 rings (SSSR count). The molecule has 2 N–H and O–H groups in total. The maximum Gasteiger partial charge on any atom is 0.275 e. The second-order valence-corrected chi connectivity index (χ2v) is 8.64. The van der Waals surface area contributed by atoms with Crippen LogP contribution in [0.2, 0.25) is 5.02 Å². The first-order valence-corrected chi connectivity index (χ1v) is 11.0. The summed E-state index contributed by atoms with van der Waals surface area (Å²) in [6.07, 6.45) is 1.52. The number of rotatable bonds is 6. The summed E-state index contributed by atoms with van der Waals surface area (Å²) in [4.78, 5) is 12.5. The van der Waals surface area contributed by atoms with Crippen molar-refractivity contribution < 1.29 is 14.6 Å². The van der Waals surface area contributed by atoms with Gasteiger partial charge in [-0.15, -0.1) is 0 Å². The number of para-hydroxylation sites is 1. The summed E-state index contributed by atoms with van der Waals surface area (Å²) in [6.45, 7) is 0.248. The molecule has 0 atom stereocenters. The van der Waals surface area contributed by atoms with Gasteiger partial charge in [-0.2, -0.15) is 5.10 Å². The third kappa shape index (κ3) is 5.83. The van der Waals surface area contributed by atoms with Crippen LogP contribution in [0.3, 0.4) is 0 Å². The Balaban J connectivity index is 1.69. The zero-order chi connectivity index (χ0) is 20.8. The molecule has 148 valence electrons. The van der Waals surface area contributed by atoms with Crippen LogP contribution in [0.5, 0.6) is 11.5 Å². The molecular weight excluding hydrogens is 618 g/mol. The smallest absolute Gasteiger partial charge is 0.275 e. The van der Waals surface area contributed by atoms with E-state index in [0.29, 0.717) is 23.5 Å². The number of hydrazone groups is 1. The van der Waals surface area contributed by atoms with Gasteiger partial charge in [-0.1, -0.05) is 41.9 Å². The number of carbonyl (C=O) groups excluding carboxylic acids is 1. The van der Waals surface area contributed by atoms with Crippen LogP contribution in [-0.2, 0) is 6.61 Å². The Morgan fingerprint density at radius 1 is 1.10 bits per heavy atom. The zero-order valence-corrected chi connectivity index (χ0v) is 20.0. The predicted molar refractivity (Wildman–Crippen MR) is 131 cm³/mol. The van der Waals surface area contributed by atoms with Gasteiger partial charge in [-0.05, 0) is 81.1 Å². The van der Waals surface area contributed by atoms with Crippen molar-refractivity contribution in [1.29, 1.82) is 0 Å². The lowest BCUT2D eigenvalue weighted by Gasteiger charge is -2.11. The maximum absolute atomic E-state index is 12.5. The van der Waals surface area contributed by atoms with Crippen LogP contribution >= 0.6 is 56.8 Å². The number of phenols is 1. The lowest BCUT2D eigenvalue weighted by molar-refractivity contribution is 0.0950. The molecule has 3 aromatic rings. The van der Waals surface area contributed by atoms with Crippen LogP contribution in [0.15, 0.2) is 65.8 Å². The molecule has 8 heteroatoms. The Hall–Kier alpha value is -1.85. The highest BCUT2D eigenvalue weighted by atomic mass is 127. The van der Waals surface area contributed by atoms with Gasteiger partial charge in [0, 0.05) is 10.6 Å². The quantitative estimate of drug-likeness (QED) is 0.211. The van der Waals surface area contributed by atoms with E-state index in [0.717, 1.165) is 11.1 Å². The second kappa shape index (κ2) is 10.3. The molecule has 0 bridgehead atoms. The van der Waals surface area contributed by atoms with E-state index < -0.39 is 0 Å². The Bertz CT molecular complexity index is 1050. The van der Waals surface area contributed by atoms with Gasteiger partial charge in [-0.25, -0.2) is 5.43 Å². The highest BCUT2D eigenvalue weighted by Crippen LogP contribution is 2.27. The Morgan fingerprint density at radius 2 is 1.76 bits per heavy atom. The zero-order valence-electron chi connectivity index (χ0n) is 14.9. The van der Waals surface area contributed by atoms with Crippen LogP contribution in [-0.4, -0.2) is 17.2 Å². The first-order valence-electron chi connectivity index (χ1n) is 8.42. The van der Waals surface area contributed by atoms with Gasteiger partial charge in [0.2, 0.25) is 0 Å². The minimum Gasteiger partial charge on any atom is -0.506 e. The van der Waals surface area contributed by atoms with Gasteiger partial charge in [0.15, 0.2) is 0 Å². The number of nitrogens with zero attached hydrogens (tertiary/aromatic N) is 1. The molecule has 0 aliphatic rings. The van der Waals surface area contributed by atoms with E-state index in [1.54, 1.807) is 42.5 Å². The van der Waals surface area contributed by atoms with Crippen molar-refractivity contribution >= 4 is 68.9 Å². The van der Waals surface area contributed by atoms with Crippen LogP contribution < -0.4 is 10.2 Å². The molecule has 0 unspecified atom stereocenters. The van der Waals surface area contributed by atoms with Crippen LogP contribution in [0.25, 0.3) is 0 Å². The van der Waals surface area contributed by atoms with Gasteiger partial charge in [0.05, 0.1) is 18.9 Å². The summed E-state index contributed by atoms with van der Waals surface area (Å²) < 4.78 is 7.23. The van der Waals surface area contributed by atoms with Crippen molar-refractivity contribution in [3.05, 3.63) is 89.5 Å². The van der Waals surface area contributed by atoms with Crippen molar-refractivity contribution in [2.24, 2.45) is 5.10 Å². The van der Waals surface area contributed by atoms with Crippen molar-refractivity contribution in [2.45, 2.75) is 6.61 Å². The fraction of sp³-hybridized carbons (Fsp3) is 0.0476. The van der Waals surface area contributed by atoms with Crippen molar-refractivity contribution in [2.75, 3.05) is 0 Å². The molecule has 3 aromatic carbocycles. The summed E-state index contributed by atoms with van der Waals surface area (Å²) in [6, 6.07) is 17.9. The standard InChI is InChI=1S/C21H15ClI2N2O3/c22-16-7-3-1-5-14(16)12-29-19-8-4-2-6-15(19)21(28)26-25-11-13-9-17(23)20(27)18(24)10-13/h1-11,27H,12H2,(H,26,28)/b25-11+. The average Bonchev–Trinajstić information content (AvgIpc) is 2.71. The minimum absolute atomic E-state index is 0.233. The van der Waals surface area contributed by atoms with Gasteiger partial charge in [0.25, 0.3) is 5.91 Å². The Kier molecular flexibility index (Phi) is 7.73. The molecule has 0 fully saturated rings. The van der Waals surface area contributed by atoms with Crippen molar-refractivity contribution in [3.8, 4) is 11.5 Å². The summed E-state index contributed by atoms with van der Waals surface area (Å²) >= 11 is 10.2. The molecule has 0 saturated carbocycles. The van der Waals surface area contributed by atoms with E-state index in [1.807, 2.05) is 63.4 Å². The normalized spacial score (nSPS) is 10.9. The monoisotopic (exact) mass is 632 g/mol. The molecule has 0 heterocycles. The SMILES string of the molecule is O=C(N/N=C/c1cc(I)c(O)c(I)c1)c1ccccc1OCc1ccccc1Cl. The van der Waals surface area contributed by atoms with Gasteiger partial charge in [-0.3, -0.25) is 4.79 Å². The Labute approximate surface area is 200 Å². The van der Waals surface area contributed by atoms with Crippen molar-refractivity contribution in [1.82, 2.24) is 5.43 Å². The second-order valence-electron chi connectivity index (χ2n) is 5.91. The lowest BCUT2D eigenvalue weighted by Crippen LogP contribution is -2.18. The number of hydrogen-bond donors (Lipinski definition) is 2. The molecule has 0 aromatic heterocycles. The summed E-state index contributed by atoms with van der Waals surface area (Å²) in [5.41, 5.74) is 4.47. The van der Waals surface area contributed by atoms with E-state index >= 15 is 0 Å². The number of amides is 1. The number of carbonyl (C=O) groups is 1. The lowest BCUT2D eigenvalue weighted by atomic mass is 10.2. The van der Waals surface area contributed by atoms with E-state index in [9.17, 15) is 9.90 Å². The summed E-state index contributed by atoms with van der Waals surface area (Å²) in [7, 11) is 0. The largest absolute Gasteiger partial charge is 0.506 e. The highest BCUT2D eigenvalue weighted by molar-refractivity contribution is 14.1. The molecule has 0 radical (unpaired) electrons. The topological polar surface area (TPSA) is 70.9 Å². The average molecular weight is 633 g/mol. The third-order valence-corrected chi connectivity index (χ3v) is 5.90. The van der Waals surface area contributed by atoms with Crippen LogP contribution in [0.4, 0.5) is 0 Å². The van der Waals surface area contributed by atoms with Gasteiger partial charge < -0.3 is 9.84 Å². The maximum atomic E-state index is 12.5. The summed E-state index contributed by atoms with van der Waals surface area (Å²) in [5, 5.41) is 14.4. The van der Waals surface area contributed by atoms with Crippen LogP contribution in [0.1, 0.15) is 21.5 Å². The van der Waals surface area contributed by atoms with Crippen molar-refractivity contribution in [3.63, 3.8) is 0 Å². The van der Waals surface area contributed by atoms with E-state index in [1.165, 1.54) is 6.21 Å². The number of aromatic hydroxyl groups is 1. The highest BCUT2D eigenvalue weighted by Gasteiger charge is 2.12. The number of phenolic OH excluding ortho intramolecular Hbond substituents is 1. The molecule has 29 heavy (non-hydrogen) atoms. The molecular formula is C21H15ClI2N2O3. The number of benzene rings is 3. The van der Waals surface area contributed by atoms with Gasteiger partial charge in [0.1, 0.15) is 18.1 Å². The first-order chi connectivity index (χ1) is 14.0. The summed E-state index contributed by atoms with van der Waals surface area (Å²) in [5.74, 6) is 0.282. The predicted octanol–water partition coefficient (Wildman–Crippen LogP) is 5.60. The molecule has 1 amide bonds. The molecule has 0 aliphatic carbocycles. The number of hydrogen-bond acceptors (Lipinski definition) is 4. The molecule has 0 saturated heterocycles. The van der Waals surface area contributed by atoms with E-state index in [2.05, 4.69) is 10.5 Å². The first kappa shape index (κ1) is 21.8. The van der Waals surface area contributed by atoms with Gasteiger partial charge >= 0.3 is 0 Å². The fourth-order valence-electron chi connectivity index (χ4n) is 2.44. The molecule has 5 nitrogen and oxygen atoms in total. The molecule has 0 spiro atoms. The fourth-order valence-corrected chi connectivity index (χ4v) is 4.44. The third-order valence-electron chi connectivity index (χ3n) is 3.89. The number of ether oxygens (including phenoxy) is 1. The Morgan fingerprint density at radius 3 is 2.48 bits per heavy atom. The van der Waals surface area contributed by atoms with Crippen LogP contribution in [0, 0.1) is 7.14 Å². The minimum atomic E-state index is -0.390. The van der Waals surface area contributed by atoms with E-state index in [-0.39, 0.29) is 18.3 Å². The number of nitrogens with one attached hydrogen (secondary N) is 1.